The van der Waals surface area contributed by atoms with Crippen molar-refractivity contribution < 1.29 is 9.47 Å². The number of ether oxygens (including phenoxy) is 2. The van der Waals surface area contributed by atoms with Crippen LogP contribution < -0.4 is 9.47 Å². The monoisotopic (exact) mass is 400 g/mol. The lowest BCUT2D eigenvalue weighted by atomic mass is 9.87. The molecule has 4 nitrogen and oxygen atoms in total. The third-order valence-corrected chi connectivity index (χ3v) is 5.15. The Morgan fingerprint density at radius 2 is 1.43 bits per heavy atom. The van der Waals surface area contributed by atoms with Crippen molar-refractivity contribution in [1.29, 1.82) is 0 Å². The van der Waals surface area contributed by atoms with E-state index in [4.69, 9.17) is 14.5 Å². The van der Waals surface area contributed by atoms with Gasteiger partial charge in [0.1, 0.15) is 30.5 Å². The van der Waals surface area contributed by atoms with Crippen molar-refractivity contribution in [2.24, 2.45) is 0 Å². The topological polar surface area (TPSA) is 36.3 Å². The third-order valence-electron chi connectivity index (χ3n) is 5.15. The summed E-state index contributed by atoms with van der Waals surface area (Å²) in [4.78, 5) is 4.77. The Balaban J connectivity index is 1.46. The zero-order chi connectivity index (χ0) is 21.0. The first-order valence-electron chi connectivity index (χ1n) is 10.4. The Hall–Kier alpha value is -3.27. The van der Waals surface area contributed by atoms with Crippen LogP contribution in [0.25, 0.3) is 11.0 Å². The molecule has 3 aromatic carbocycles. The molecule has 4 heteroatoms. The van der Waals surface area contributed by atoms with E-state index in [0.29, 0.717) is 19.8 Å². The van der Waals surface area contributed by atoms with Crippen LogP contribution in [0.1, 0.15) is 32.2 Å². The number of rotatable bonds is 7. The van der Waals surface area contributed by atoms with Gasteiger partial charge in [-0.25, -0.2) is 4.98 Å². The van der Waals surface area contributed by atoms with Gasteiger partial charge >= 0.3 is 0 Å². The molecule has 0 N–H and O–H groups in total. The van der Waals surface area contributed by atoms with E-state index in [2.05, 4.69) is 43.5 Å². The van der Waals surface area contributed by atoms with E-state index in [0.717, 1.165) is 28.4 Å². The zero-order valence-electron chi connectivity index (χ0n) is 17.8. The third kappa shape index (κ3) is 4.65. The smallest absolute Gasteiger partial charge is 0.148 e. The Bertz CT molecular complexity index is 1090. The molecule has 0 aliphatic rings. The molecule has 0 bridgehead atoms. The van der Waals surface area contributed by atoms with Gasteiger partial charge in [0.2, 0.25) is 0 Å². The summed E-state index contributed by atoms with van der Waals surface area (Å²) < 4.78 is 14.2. The van der Waals surface area contributed by atoms with Crippen LogP contribution in [0.3, 0.4) is 0 Å². The summed E-state index contributed by atoms with van der Waals surface area (Å²) in [5.74, 6) is 2.62. The van der Waals surface area contributed by atoms with Crippen molar-refractivity contribution >= 4 is 11.0 Å². The highest BCUT2D eigenvalue weighted by Gasteiger charge is 2.14. The van der Waals surface area contributed by atoms with Gasteiger partial charge in [0.25, 0.3) is 0 Å². The van der Waals surface area contributed by atoms with Crippen molar-refractivity contribution in [3.05, 3.63) is 90.3 Å². The van der Waals surface area contributed by atoms with E-state index in [-0.39, 0.29) is 5.41 Å². The lowest BCUT2D eigenvalue weighted by Crippen LogP contribution is -2.13. The second kappa shape index (κ2) is 8.62. The molecule has 30 heavy (non-hydrogen) atoms. The molecule has 4 rings (SSSR count). The summed E-state index contributed by atoms with van der Waals surface area (Å²) in [7, 11) is 0. The van der Waals surface area contributed by atoms with Gasteiger partial charge in [0.15, 0.2) is 0 Å². The number of nitrogens with zero attached hydrogens (tertiary/aromatic N) is 2. The summed E-state index contributed by atoms with van der Waals surface area (Å²) >= 11 is 0. The molecule has 154 valence electrons. The fourth-order valence-electron chi connectivity index (χ4n) is 3.46. The van der Waals surface area contributed by atoms with Crippen LogP contribution in [0, 0.1) is 0 Å². The SMILES string of the molecule is CC(C)(C)c1ccc(OCCn2c(COc3ccccc3)nc3ccccc32)cc1. The van der Waals surface area contributed by atoms with E-state index in [1.54, 1.807) is 0 Å². The number of imidazole rings is 1. The van der Waals surface area contributed by atoms with Crippen LogP contribution in [0.4, 0.5) is 0 Å². The van der Waals surface area contributed by atoms with Crippen molar-refractivity contribution in [3.8, 4) is 11.5 Å². The molecule has 0 amide bonds. The summed E-state index contributed by atoms with van der Waals surface area (Å²) in [5, 5.41) is 0. The molecule has 0 spiro atoms. The van der Waals surface area contributed by atoms with E-state index in [1.807, 2.05) is 60.7 Å². The van der Waals surface area contributed by atoms with Crippen LogP contribution in [-0.2, 0) is 18.6 Å². The standard InChI is InChI=1S/C26H28N2O2/c1-26(2,3)20-13-15-22(16-14-20)29-18-17-28-24-12-8-7-11-23(24)27-25(28)19-30-21-9-5-4-6-10-21/h4-16H,17-19H2,1-3H3. The molecule has 0 unspecified atom stereocenters. The number of para-hydroxylation sites is 3. The molecular weight excluding hydrogens is 372 g/mol. The van der Waals surface area contributed by atoms with Gasteiger partial charge in [-0.3, -0.25) is 0 Å². The van der Waals surface area contributed by atoms with Gasteiger partial charge < -0.3 is 14.0 Å². The molecule has 0 saturated carbocycles. The van der Waals surface area contributed by atoms with Crippen LogP contribution >= 0.6 is 0 Å². The fourth-order valence-corrected chi connectivity index (χ4v) is 3.46. The number of fused-ring (bicyclic) bond motifs is 1. The Kier molecular flexibility index (Phi) is 5.75. The first-order valence-corrected chi connectivity index (χ1v) is 10.4. The van der Waals surface area contributed by atoms with Gasteiger partial charge in [0, 0.05) is 0 Å². The van der Waals surface area contributed by atoms with E-state index < -0.39 is 0 Å². The minimum Gasteiger partial charge on any atom is -0.492 e. The van der Waals surface area contributed by atoms with Crippen molar-refractivity contribution in [2.75, 3.05) is 6.61 Å². The Morgan fingerprint density at radius 3 is 2.17 bits per heavy atom. The van der Waals surface area contributed by atoms with E-state index in [9.17, 15) is 0 Å². The van der Waals surface area contributed by atoms with Gasteiger partial charge in [0.05, 0.1) is 17.6 Å². The average Bonchev–Trinajstić information content (AvgIpc) is 3.10. The second-order valence-electron chi connectivity index (χ2n) is 8.39. The molecule has 0 radical (unpaired) electrons. The van der Waals surface area contributed by atoms with Crippen LogP contribution in [0.15, 0.2) is 78.9 Å². The van der Waals surface area contributed by atoms with Gasteiger partial charge in [-0.05, 0) is 47.4 Å². The largest absolute Gasteiger partial charge is 0.492 e. The minimum atomic E-state index is 0.141. The molecule has 1 aromatic heterocycles. The highest BCUT2D eigenvalue weighted by Crippen LogP contribution is 2.24. The minimum absolute atomic E-state index is 0.141. The summed E-state index contributed by atoms with van der Waals surface area (Å²) in [6, 6.07) is 26.4. The summed E-state index contributed by atoms with van der Waals surface area (Å²) in [5.41, 5.74) is 3.51. The van der Waals surface area contributed by atoms with Crippen LogP contribution in [0.2, 0.25) is 0 Å². The zero-order valence-corrected chi connectivity index (χ0v) is 17.8. The van der Waals surface area contributed by atoms with Gasteiger partial charge in [-0.15, -0.1) is 0 Å². The number of hydrogen-bond acceptors (Lipinski definition) is 3. The highest BCUT2D eigenvalue weighted by atomic mass is 16.5. The molecular formula is C26H28N2O2. The second-order valence-corrected chi connectivity index (χ2v) is 8.39. The maximum Gasteiger partial charge on any atom is 0.148 e. The Morgan fingerprint density at radius 1 is 0.767 bits per heavy atom. The molecule has 1 heterocycles. The predicted octanol–water partition coefficient (Wildman–Crippen LogP) is 5.99. The summed E-state index contributed by atoms with van der Waals surface area (Å²) in [6.07, 6.45) is 0. The normalized spacial score (nSPS) is 11.6. The first kappa shape index (κ1) is 20.0. The Labute approximate surface area is 178 Å². The average molecular weight is 401 g/mol. The maximum absolute atomic E-state index is 6.02. The number of hydrogen-bond donors (Lipinski definition) is 0. The molecule has 0 aliphatic heterocycles. The van der Waals surface area contributed by atoms with Gasteiger partial charge in [-0.1, -0.05) is 63.2 Å². The van der Waals surface area contributed by atoms with Crippen molar-refractivity contribution in [2.45, 2.75) is 39.3 Å². The van der Waals surface area contributed by atoms with Gasteiger partial charge in [-0.2, -0.15) is 0 Å². The van der Waals surface area contributed by atoms with Crippen molar-refractivity contribution in [3.63, 3.8) is 0 Å². The maximum atomic E-state index is 6.02. The molecule has 0 fully saturated rings. The predicted molar refractivity (Wildman–Crippen MR) is 121 cm³/mol. The number of benzene rings is 3. The van der Waals surface area contributed by atoms with Crippen LogP contribution in [0.5, 0.6) is 11.5 Å². The lowest BCUT2D eigenvalue weighted by molar-refractivity contribution is 0.272. The van der Waals surface area contributed by atoms with E-state index in [1.165, 1.54) is 5.56 Å². The van der Waals surface area contributed by atoms with E-state index >= 15 is 0 Å². The van der Waals surface area contributed by atoms with Crippen molar-refractivity contribution in [1.82, 2.24) is 9.55 Å². The lowest BCUT2D eigenvalue weighted by Gasteiger charge is -2.19. The number of aromatic nitrogens is 2. The molecule has 4 aromatic rings. The fraction of sp³-hybridized carbons (Fsp3) is 0.269. The molecule has 0 aliphatic carbocycles. The summed E-state index contributed by atoms with van der Waals surface area (Å²) in [6.45, 7) is 8.33. The highest BCUT2D eigenvalue weighted by molar-refractivity contribution is 5.75. The quantitative estimate of drug-likeness (QED) is 0.382. The first-order chi connectivity index (χ1) is 14.5. The molecule has 0 saturated heterocycles. The molecule has 0 atom stereocenters. The van der Waals surface area contributed by atoms with Crippen LogP contribution in [-0.4, -0.2) is 16.2 Å².